The molecule has 0 spiro atoms. The maximum atomic E-state index is 11.9. The average molecular weight is 328 g/mol. The summed E-state index contributed by atoms with van der Waals surface area (Å²) in [6.45, 7) is 3.95. The van der Waals surface area contributed by atoms with Crippen molar-refractivity contribution in [3.05, 3.63) is 58.4 Å². The lowest BCUT2D eigenvalue weighted by Gasteiger charge is -2.00. The number of carbonyl (C=O) groups excluding carboxylic acids is 1. The molecule has 0 bridgehead atoms. The lowest BCUT2D eigenvalue weighted by atomic mass is 10.1. The zero-order valence-corrected chi connectivity index (χ0v) is 13.7. The van der Waals surface area contributed by atoms with Crippen molar-refractivity contribution in [3.8, 4) is 10.6 Å². The van der Waals surface area contributed by atoms with Crippen LogP contribution >= 0.6 is 11.3 Å². The maximum absolute atomic E-state index is 11.9. The van der Waals surface area contributed by atoms with E-state index in [0.29, 0.717) is 17.1 Å². The minimum Gasteiger partial charge on any atom is -0.459 e. The zero-order chi connectivity index (χ0) is 16.2. The Morgan fingerprint density at radius 2 is 2.13 bits per heavy atom. The molecule has 0 saturated carbocycles. The van der Waals surface area contributed by atoms with Gasteiger partial charge in [0.1, 0.15) is 23.1 Å². The molecule has 2 heterocycles. The fourth-order valence-electron chi connectivity index (χ4n) is 2.14. The Bertz CT molecular complexity index is 823. The predicted octanol–water partition coefficient (Wildman–Crippen LogP) is 3.70. The fourth-order valence-corrected chi connectivity index (χ4v) is 2.95. The lowest BCUT2D eigenvalue weighted by Crippen LogP contribution is -2.08. The molecular formula is C17H16N2O3S. The Balaban J connectivity index is 1.59. The molecule has 3 rings (SSSR count). The van der Waals surface area contributed by atoms with Gasteiger partial charge in [0.15, 0.2) is 0 Å². The molecule has 0 radical (unpaired) electrons. The summed E-state index contributed by atoms with van der Waals surface area (Å²) in [6, 6.07) is 9.88. The topological polar surface area (TPSA) is 65.2 Å². The van der Waals surface area contributed by atoms with E-state index in [2.05, 4.69) is 16.2 Å². The molecule has 0 aliphatic carbocycles. The first-order valence-electron chi connectivity index (χ1n) is 7.19. The number of benzene rings is 1. The highest BCUT2D eigenvalue weighted by molar-refractivity contribution is 7.13. The van der Waals surface area contributed by atoms with Crippen molar-refractivity contribution in [3.63, 3.8) is 0 Å². The molecule has 0 aliphatic heterocycles. The SMILES string of the molecule is Cc1cccc(-c2nc(CC(=O)OCc3cc(C)on3)cs2)c1. The van der Waals surface area contributed by atoms with E-state index >= 15 is 0 Å². The quantitative estimate of drug-likeness (QED) is 0.668. The largest absolute Gasteiger partial charge is 0.459 e. The Morgan fingerprint density at radius 3 is 2.87 bits per heavy atom. The number of esters is 1. The number of hydrogen-bond acceptors (Lipinski definition) is 6. The molecule has 0 fully saturated rings. The third-order valence-electron chi connectivity index (χ3n) is 3.20. The van der Waals surface area contributed by atoms with Gasteiger partial charge in [0.2, 0.25) is 0 Å². The molecule has 5 nitrogen and oxygen atoms in total. The van der Waals surface area contributed by atoms with Gasteiger partial charge < -0.3 is 9.26 Å². The number of carbonyl (C=O) groups is 1. The summed E-state index contributed by atoms with van der Waals surface area (Å²) >= 11 is 1.52. The van der Waals surface area contributed by atoms with Gasteiger partial charge in [-0.25, -0.2) is 4.98 Å². The maximum Gasteiger partial charge on any atom is 0.312 e. The predicted molar refractivity (Wildman–Crippen MR) is 87.0 cm³/mol. The third-order valence-corrected chi connectivity index (χ3v) is 4.14. The van der Waals surface area contributed by atoms with Crippen LogP contribution in [0, 0.1) is 13.8 Å². The van der Waals surface area contributed by atoms with Crippen molar-refractivity contribution in [2.75, 3.05) is 0 Å². The molecule has 0 unspecified atom stereocenters. The molecule has 118 valence electrons. The molecule has 2 aromatic heterocycles. The first kappa shape index (κ1) is 15.4. The second-order valence-corrected chi connectivity index (χ2v) is 6.14. The summed E-state index contributed by atoms with van der Waals surface area (Å²) < 4.78 is 10.1. The van der Waals surface area contributed by atoms with Crippen LogP contribution in [0.3, 0.4) is 0 Å². The minimum atomic E-state index is -0.327. The van der Waals surface area contributed by atoms with E-state index in [0.717, 1.165) is 10.6 Å². The van der Waals surface area contributed by atoms with Crippen LogP contribution in [0.15, 0.2) is 40.2 Å². The van der Waals surface area contributed by atoms with Crippen LogP contribution < -0.4 is 0 Å². The van der Waals surface area contributed by atoms with Crippen LogP contribution in [0.2, 0.25) is 0 Å². The van der Waals surface area contributed by atoms with Crippen LogP contribution in [0.25, 0.3) is 10.6 Å². The van der Waals surface area contributed by atoms with Crippen LogP contribution in [-0.4, -0.2) is 16.1 Å². The van der Waals surface area contributed by atoms with E-state index in [1.807, 2.05) is 30.5 Å². The van der Waals surface area contributed by atoms with Crippen LogP contribution in [-0.2, 0) is 22.6 Å². The van der Waals surface area contributed by atoms with Gasteiger partial charge in [0.25, 0.3) is 0 Å². The van der Waals surface area contributed by atoms with Gasteiger partial charge in [-0.15, -0.1) is 11.3 Å². The second-order valence-electron chi connectivity index (χ2n) is 5.28. The van der Waals surface area contributed by atoms with E-state index in [9.17, 15) is 4.79 Å². The normalized spacial score (nSPS) is 10.7. The van der Waals surface area contributed by atoms with Gasteiger partial charge in [0.05, 0.1) is 12.1 Å². The second kappa shape index (κ2) is 6.75. The van der Waals surface area contributed by atoms with Crippen molar-refractivity contribution >= 4 is 17.3 Å². The Labute approximate surface area is 137 Å². The van der Waals surface area contributed by atoms with Gasteiger partial charge in [-0.05, 0) is 19.9 Å². The molecule has 3 aromatic rings. The van der Waals surface area contributed by atoms with Crippen molar-refractivity contribution < 1.29 is 14.1 Å². The molecule has 0 saturated heterocycles. The van der Waals surface area contributed by atoms with Crippen molar-refractivity contribution in [1.82, 2.24) is 10.1 Å². The Kier molecular flexibility index (Phi) is 4.52. The van der Waals surface area contributed by atoms with E-state index in [-0.39, 0.29) is 19.0 Å². The summed E-state index contributed by atoms with van der Waals surface area (Å²) in [7, 11) is 0. The number of nitrogens with zero attached hydrogens (tertiary/aromatic N) is 2. The molecule has 0 aliphatic rings. The van der Waals surface area contributed by atoms with Gasteiger partial charge in [-0.3, -0.25) is 4.79 Å². The molecule has 6 heteroatoms. The van der Waals surface area contributed by atoms with E-state index < -0.39 is 0 Å². The number of aromatic nitrogens is 2. The fraction of sp³-hybridized carbons (Fsp3) is 0.235. The van der Waals surface area contributed by atoms with E-state index in [4.69, 9.17) is 9.26 Å². The summed E-state index contributed by atoms with van der Waals surface area (Å²) in [5, 5.41) is 6.58. The van der Waals surface area contributed by atoms with Gasteiger partial charge in [-0.2, -0.15) is 0 Å². The minimum absolute atomic E-state index is 0.116. The number of hydrogen-bond donors (Lipinski definition) is 0. The first-order chi connectivity index (χ1) is 11.1. The van der Waals surface area contributed by atoms with Crippen LogP contribution in [0.5, 0.6) is 0 Å². The first-order valence-corrected chi connectivity index (χ1v) is 8.07. The Hall–Kier alpha value is -2.47. The number of thiazole rings is 1. The monoisotopic (exact) mass is 328 g/mol. The molecule has 1 aromatic carbocycles. The zero-order valence-electron chi connectivity index (χ0n) is 12.9. The summed E-state index contributed by atoms with van der Waals surface area (Å²) in [5.74, 6) is 0.366. The van der Waals surface area contributed by atoms with Crippen molar-refractivity contribution in [2.45, 2.75) is 26.9 Å². The number of rotatable bonds is 5. The highest BCUT2D eigenvalue weighted by Crippen LogP contribution is 2.24. The highest BCUT2D eigenvalue weighted by atomic mass is 32.1. The number of ether oxygens (including phenoxy) is 1. The summed E-state index contributed by atoms with van der Waals surface area (Å²) in [6.07, 6.45) is 0.152. The lowest BCUT2D eigenvalue weighted by molar-refractivity contribution is -0.144. The standard InChI is InChI=1S/C17H16N2O3S/c1-11-4-3-5-13(6-11)17-18-15(10-23-17)8-16(20)21-9-14-7-12(2)22-19-14/h3-7,10H,8-9H2,1-2H3. The molecule has 23 heavy (non-hydrogen) atoms. The van der Waals surface area contributed by atoms with Crippen molar-refractivity contribution in [2.24, 2.45) is 0 Å². The molecule has 0 amide bonds. The van der Waals surface area contributed by atoms with Gasteiger partial charge >= 0.3 is 5.97 Å². The summed E-state index contributed by atoms with van der Waals surface area (Å²) in [4.78, 5) is 16.4. The van der Waals surface area contributed by atoms with E-state index in [1.165, 1.54) is 16.9 Å². The summed E-state index contributed by atoms with van der Waals surface area (Å²) in [5.41, 5.74) is 3.57. The van der Waals surface area contributed by atoms with Gasteiger partial charge in [-0.1, -0.05) is 28.9 Å². The van der Waals surface area contributed by atoms with Crippen LogP contribution in [0.1, 0.15) is 22.7 Å². The molecular weight excluding hydrogens is 312 g/mol. The Morgan fingerprint density at radius 1 is 1.26 bits per heavy atom. The highest BCUT2D eigenvalue weighted by Gasteiger charge is 2.11. The van der Waals surface area contributed by atoms with Crippen LogP contribution in [0.4, 0.5) is 0 Å². The smallest absolute Gasteiger partial charge is 0.312 e. The van der Waals surface area contributed by atoms with E-state index in [1.54, 1.807) is 13.0 Å². The number of aryl methyl sites for hydroxylation is 2. The average Bonchev–Trinajstić information content (AvgIpc) is 3.14. The van der Waals surface area contributed by atoms with Gasteiger partial charge in [0, 0.05) is 17.0 Å². The molecule has 0 N–H and O–H groups in total. The van der Waals surface area contributed by atoms with Crippen molar-refractivity contribution in [1.29, 1.82) is 0 Å². The molecule has 0 atom stereocenters. The third kappa shape index (κ3) is 4.04.